The van der Waals surface area contributed by atoms with Gasteiger partial charge in [0, 0.05) is 17.3 Å². The van der Waals surface area contributed by atoms with E-state index in [9.17, 15) is 10.1 Å². The number of amides is 1. The lowest BCUT2D eigenvalue weighted by molar-refractivity contribution is 0.102. The topological polar surface area (TPSA) is 101 Å². The number of nitrogens with zero attached hydrogens (tertiary/aromatic N) is 2. The number of aromatic nitrogens is 1. The van der Waals surface area contributed by atoms with E-state index in [-0.39, 0.29) is 11.8 Å². The van der Waals surface area contributed by atoms with Gasteiger partial charge in [0.1, 0.15) is 17.3 Å². The predicted octanol–water partition coefficient (Wildman–Crippen LogP) is 4.73. The van der Waals surface area contributed by atoms with Gasteiger partial charge in [0.15, 0.2) is 0 Å². The molecule has 1 aromatic heterocycles. The standard InChI is InChI=1S/C22H20N4O2/c1-2-15(13-23)16-5-3-6-17(11-16)22(27)26-18-7-4-8-19(12-18)28-20-9-10-21(24)25-14-20/h3-12,14-15H,2H2,1H3,(H2,24,25)(H,26,27). The van der Waals surface area contributed by atoms with Gasteiger partial charge in [-0.1, -0.05) is 25.1 Å². The van der Waals surface area contributed by atoms with Crippen molar-refractivity contribution in [3.05, 3.63) is 78.0 Å². The number of nitrogen functional groups attached to an aromatic ring is 1. The van der Waals surface area contributed by atoms with Gasteiger partial charge in [-0.25, -0.2) is 4.98 Å². The zero-order chi connectivity index (χ0) is 19.9. The van der Waals surface area contributed by atoms with Crippen molar-refractivity contribution in [2.45, 2.75) is 19.3 Å². The second-order valence-corrected chi connectivity index (χ2v) is 6.22. The molecule has 6 nitrogen and oxygen atoms in total. The summed E-state index contributed by atoms with van der Waals surface area (Å²) in [6, 6.07) is 19.8. The molecule has 0 spiro atoms. The first-order valence-corrected chi connectivity index (χ1v) is 8.89. The summed E-state index contributed by atoms with van der Waals surface area (Å²) in [5, 5.41) is 12.1. The molecule has 3 rings (SSSR count). The third kappa shape index (κ3) is 4.65. The Hall–Kier alpha value is -3.85. The first-order chi connectivity index (χ1) is 13.6. The van der Waals surface area contributed by atoms with Crippen LogP contribution in [0.1, 0.15) is 35.2 Å². The molecule has 140 valence electrons. The molecule has 1 amide bonds. The normalized spacial score (nSPS) is 11.3. The number of carbonyl (C=O) groups excluding carboxylic acids is 1. The fraction of sp³-hybridized carbons (Fsp3) is 0.136. The number of ether oxygens (including phenoxy) is 1. The van der Waals surface area contributed by atoms with Crippen LogP contribution in [0.5, 0.6) is 11.5 Å². The van der Waals surface area contributed by atoms with Gasteiger partial charge in [-0.3, -0.25) is 4.79 Å². The summed E-state index contributed by atoms with van der Waals surface area (Å²) >= 11 is 0. The Kier molecular flexibility index (Phi) is 5.87. The molecular formula is C22H20N4O2. The SMILES string of the molecule is CCC(C#N)c1cccc(C(=O)Nc2cccc(Oc3ccc(N)nc3)c2)c1. The van der Waals surface area contributed by atoms with E-state index in [0.29, 0.717) is 35.0 Å². The van der Waals surface area contributed by atoms with Gasteiger partial charge in [-0.15, -0.1) is 0 Å². The summed E-state index contributed by atoms with van der Waals surface area (Å²) < 4.78 is 5.74. The maximum atomic E-state index is 12.6. The van der Waals surface area contributed by atoms with E-state index >= 15 is 0 Å². The summed E-state index contributed by atoms with van der Waals surface area (Å²) in [6.45, 7) is 1.95. The average molecular weight is 372 g/mol. The Morgan fingerprint density at radius 3 is 2.71 bits per heavy atom. The van der Waals surface area contributed by atoms with Gasteiger partial charge in [0.25, 0.3) is 5.91 Å². The number of hydrogen-bond donors (Lipinski definition) is 2. The molecule has 0 aliphatic carbocycles. The summed E-state index contributed by atoms with van der Waals surface area (Å²) in [6.07, 6.45) is 2.23. The van der Waals surface area contributed by atoms with Crippen LogP contribution >= 0.6 is 0 Å². The van der Waals surface area contributed by atoms with Crippen molar-refractivity contribution < 1.29 is 9.53 Å². The van der Waals surface area contributed by atoms with Gasteiger partial charge < -0.3 is 15.8 Å². The Balaban J connectivity index is 1.73. The van der Waals surface area contributed by atoms with E-state index in [1.54, 1.807) is 54.6 Å². The highest BCUT2D eigenvalue weighted by molar-refractivity contribution is 6.04. The molecule has 1 heterocycles. The Morgan fingerprint density at radius 2 is 2.00 bits per heavy atom. The van der Waals surface area contributed by atoms with E-state index in [4.69, 9.17) is 10.5 Å². The Labute approximate surface area is 163 Å². The smallest absolute Gasteiger partial charge is 0.255 e. The molecule has 2 aromatic carbocycles. The molecule has 0 fully saturated rings. The van der Waals surface area contributed by atoms with Crippen LogP contribution in [0, 0.1) is 11.3 Å². The minimum Gasteiger partial charge on any atom is -0.456 e. The van der Waals surface area contributed by atoms with Gasteiger partial charge in [-0.2, -0.15) is 5.26 Å². The molecule has 1 unspecified atom stereocenters. The molecule has 0 bridgehead atoms. The van der Waals surface area contributed by atoms with Gasteiger partial charge in [-0.05, 0) is 48.4 Å². The number of anilines is 2. The van der Waals surface area contributed by atoms with E-state index in [1.807, 2.05) is 13.0 Å². The fourth-order valence-electron chi connectivity index (χ4n) is 2.73. The lowest BCUT2D eigenvalue weighted by Crippen LogP contribution is -2.12. The van der Waals surface area contributed by atoms with E-state index < -0.39 is 0 Å². The minimum absolute atomic E-state index is 0.224. The van der Waals surface area contributed by atoms with Crippen LogP contribution in [0.25, 0.3) is 0 Å². The number of benzene rings is 2. The number of pyridine rings is 1. The maximum Gasteiger partial charge on any atom is 0.255 e. The molecule has 28 heavy (non-hydrogen) atoms. The number of carbonyl (C=O) groups is 1. The Bertz CT molecular complexity index is 1010. The molecule has 0 saturated carbocycles. The fourth-order valence-corrected chi connectivity index (χ4v) is 2.73. The van der Waals surface area contributed by atoms with Crippen molar-refractivity contribution in [2.75, 3.05) is 11.1 Å². The molecule has 0 aliphatic rings. The van der Waals surface area contributed by atoms with Gasteiger partial charge in [0.05, 0.1) is 18.2 Å². The molecule has 6 heteroatoms. The maximum absolute atomic E-state index is 12.6. The lowest BCUT2D eigenvalue weighted by Gasteiger charge is -2.11. The summed E-state index contributed by atoms with van der Waals surface area (Å²) in [7, 11) is 0. The van der Waals surface area contributed by atoms with Gasteiger partial charge >= 0.3 is 0 Å². The molecule has 0 saturated heterocycles. The molecule has 3 aromatic rings. The van der Waals surface area contributed by atoms with Crippen molar-refractivity contribution in [2.24, 2.45) is 0 Å². The van der Waals surface area contributed by atoms with E-state index in [2.05, 4.69) is 16.4 Å². The van der Waals surface area contributed by atoms with Crippen molar-refractivity contribution in [1.82, 2.24) is 4.98 Å². The number of nitrogens with one attached hydrogen (secondary N) is 1. The number of hydrogen-bond acceptors (Lipinski definition) is 5. The first kappa shape index (κ1) is 18.9. The predicted molar refractivity (Wildman–Crippen MR) is 108 cm³/mol. The monoisotopic (exact) mass is 372 g/mol. The van der Waals surface area contributed by atoms with Crippen LogP contribution in [0.4, 0.5) is 11.5 Å². The van der Waals surface area contributed by atoms with Crippen LogP contribution in [-0.4, -0.2) is 10.9 Å². The van der Waals surface area contributed by atoms with Crippen molar-refractivity contribution >= 4 is 17.4 Å². The van der Waals surface area contributed by atoms with Crippen molar-refractivity contribution in [3.63, 3.8) is 0 Å². The highest BCUT2D eigenvalue weighted by atomic mass is 16.5. The van der Waals surface area contributed by atoms with Crippen LogP contribution < -0.4 is 15.8 Å². The number of nitriles is 1. The van der Waals surface area contributed by atoms with Crippen LogP contribution in [0.3, 0.4) is 0 Å². The quantitative estimate of drug-likeness (QED) is 0.651. The summed E-state index contributed by atoms with van der Waals surface area (Å²) in [4.78, 5) is 16.6. The largest absolute Gasteiger partial charge is 0.456 e. The van der Waals surface area contributed by atoms with Crippen molar-refractivity contribution in [1.29, 1.82) is 5.26 Å². The summed E-state index contributed by atoms with van der Waals surface area (Å²) in [5.74, 6) is 1.05. The molecule has 3 N–H and O–H groups in total. The third-order valence-electron chi connectivity index (χ3n) is 4.20. The lowest BCUT2D eigenvalue weighted by atomic mass is 9.96. The van der Waals surface area contributed by atoms with Gasteiger partial charge in [0.2, 0.25) is 0 Å². The summed E-state index contributed by atoms with van der Waals surface area (Å²) in [5.41, 5.74) is 7.51. The molecule has 1 atom stereocenters. The highest BCUT2D eigenvalue weighted by Crippen LogP contribution is 2.25. The molecule has 0 radical (unpaired) electrons. The number of rotatable bonds is 6. The van der Waals surface area contributed by atoms with E-state index in [1.165, 1.54) is 6.20 Å². The van der Waals surface area contributed by atoms with Crippen LogP contribution in [0.15, 0.2) is 66.9 Å². The van der Waals surface area contributed by atoms with Crippen molar-refractivity contribution in [3.8, 4) is 17.6 Å². The zero-order valence-electron chi connectivity index (χ0n) is 15.4. The average Bonchev–Trinajstić information content (AvgIpc) is 2.71. The Morgan fingerprint density at radius 1 is 1.18 bits per heavy atom. The second-order valence-electron chi connectivity index (χ2n) is 6.22. The highest BCUT2D eigenvalue weighted by Gasteiger charge is 2.12. The number of nitrogens with two attached hydrogens (primary N) is 1. The first-order valence-electron chi connectivity index (χ1n) is 8.89. The van der Waals surface area contributed by atoms with Crippen LogP contribution in [0.2, 0.25) is 0 Å². The minimum atomic E-state index is -0.249. The second kappa shape index (κ2) is 8.69. The third-order valence-corrected chi connectivity index (χ3v) is 4.20. The van der Waals surface area contributed by atoms with E-state index in [0.717, 1.165) is 5.56 Å². The molecular weight excluding hydrogens is 352 g/mol. The zero-order valence-corrected chi connectivity index (χ0v) is 15.4. The molecule has 0 aliphatic heterocycles. The van der Waals surface area contributed by atoms with Crippen LogP contribution in [-0.2, 0) is 0 Å².